The highest BCUT2D eigenvalue weighted by Crippen LogP contribution is 2.28. The summed E-state index contributed by atoms with van der Waals surface area (Å²) in [6.07, 6.45) is 6.49. The number of amides is 2. The summed E-state index contributed by atoms with van der Waals surface area (Å²) in [5.41, 5.74) is 3.12. The van der Waals surface area contributed by atoms with Gasteiger partial charge in [-0.15, -0.1) is 0 Å². The third-order valence-corrected chi connectivity index (χ3v) is 6.52. The Hall–Kier alpha value is -4.11. The summed E-state index contributed by atoms with van der Waals surface area (Å²) in [4.78, 5) is 47.9. The van der Waals surface area contributed by atoms with Gasteiger partial charge in [-0.2, -0.15) is 0 Å². The van der Waals surface area contributed by atoms with Crippen LogP contribution in [0.1, 0.15) is 36.7 Å². The van der Waals surface area contributed by atoms with Crippen LogP contribution in [0, 0.1) is 5.82 Å². The molecule has 0 unspecified atom stereocenters. The molecule has 0 aliphatic carbocycles. The molecular weight excluding hydrogens is 509 g/mol. The van der Waals surface area contributed by atoms with Crippen molar-refractivity contribution in [2.75, 3.05) is 6.54 Å². The number of hydrogen-bond acceptors (Lipinski definition) is 5. The highest BCUT2D eigenvalue weighted by atomic mass is 35.5. The molecule has 2 amide bonds. The second kappa shape index (κ2) is 11.5. The maximum Gasteiger partial charge on any atom is 0.243 e. The van der Waals surface area contributed by atoms with Gasteiger partial charge in [0.05, 0.1) is 11.6 Å². The minimum atomic E-state index is -0.588. The lowest BCUT2D eigenvalue weighted by Gasteiger charge is -2.26. The highest BCUT2D eigenvalue weighted by molar-refractivity contribution is 6.30. The van der Waals surface area contributed by atoms with E-state index < -0.39 is 11.7 Å². The van der Waals surface area contributed by atoms with Crippen LogP contribution in [-0.4, -0.2) is 49.6 Å². The largest absolute Gasteiger partial charge is 0.350 e. The predicted octanol–water partition coefficient (Wildman–Crippen LogP) is 4.65. The van der Waals surface area contributed by atoms with Gasteiger partial charge in [-0.05, 0) is 44.5 Å². The van der Waals surface area contributed by atoms with Crippen LogP contribution in [0.4, 0.5) is 4.39 Å². The van der Waals surface area contributed by atoms with E-state index >= 15 is 0 Å². The number of hydrogen-bond donors (Lipinski definition) is 1. The van der Waals surface area contributed by atoms with E-state index in [0.717, 1.165) is 11.1 Å². The fraction of sp³-hybridized carbons (Fsp3) is 0.250. The van der Waals surface area contributed by atoms with Gasteiger partial charge in [-0.25, -0.2) is 14.4 Å². The number of rotatable bonds is 9. The molecule has 0 saturated carbocycles. The van der Waals surface area contributed by atoms with Crippen LogP contribution in [0.15, 0.2) is 61.3 Å². The van der Waals surface area contributed by atoms with E-state index in [-0.39, 0.29) is 48.0 Å². The lowest BCUT2D eigenvalue weighted by molar-refractivity contribution is -0.138. The van der Waals surface area contributed by atoms with E-state index in [1.165, 1.54) is 30.3 Å². The Morgan fingerprint density at radius 1 is 1.11 bits per heavy atom. The quantitative estimate of drug-likeness (QED) is 0.315. The molecule has 0 fully saturated rings. The van der Waals surface area contributed by atoms with Crippen LogP contribution in [0.5, 0.6) is 0 Å². The molecule has 4 rings (SSSR count). The third-order valence-electron chi connectivity index (χ3n) is 6.23. The molecule has 0 aliphatic heterocycles. The average molecular weight is 536 g/mol. The number of nitrogens with one attached hydrogen (secondary N) is 1. The summed E-state index contributed by atoms with van der Waals surface area (Å²) in [5, 5.41) is 3.34. The van der Waals surface area contributed by atoms with Gasteiger partial charge in [0.25, 0.3) is 0 Å². The number of benzene rings is 2. The molecule has 2 aromatic heterocycles. The first-order valence-electron chi connectivity index (χ1n) is 12.0. The molecule has 8 nitrogen and oxygen atoms in total. The summed E-state index contributed by atoms with van der Waals surface area (Å²) in [5.74, 6) is -1.44. The number of carbonyl (C=O) groups excluding carboxylic acids is 3. The molecule has 0 atom stereocenters. The zero-order valence-electron chi connectivity index (χ0n) is 21.2. The van der Waals surface area contributed by atoms with Crippen molar-refractivity contribution in [2.24, 2.45) is 0 Å². The molecular formula is C28H27ClFN5O3. The van der Waals surface area contributed by atoms with Gasteiger partial charge < -0.3 is 14.8 Å². The van der Waals surface area contributed by atoms with E-state index in [1.807, 2.05) is 32.0 Å². The van der Waals surface area contributed by atoms with Crippen LogP contribution in [-0.2, 0) is 22.7 Å². The molecule has 4 aromatic rings. The van der Waals surface area contributed by atoms with Crippen molar-refractivity contribution in [3.8, 4) is 11.1 Å². The summed E-state index contributed by atoms with van der Waals surface area (Å²) in [6.45, 7) is 4.79. The molecule has 0 aliphatic rings. The van der Waals surface area contributed by atoms with Gasteiger partial charge in [-0.3, -0.25) is 14.4 Å². The molecule has 0 saturated heterocycles. The lowest BCUT2D eigenvalue weighted by atomic mass is 10.0. The number of aromatic nitrogens is 3. The topological polar surface area (TPSA) is 97.2 Å². The molecule has 0 spiro atoms. The van der Waals surface area contributed by atoms with Crippen LogP contribution >= 0.6 is 11.6 Å². The van der Waals surface area contributed by atoms with E-state index in [1.54, 1.807) is 29.2 Å². The molecule has 1 N–H and O–H groups in total. The van der Waals surface area contributed by atoms with Crippen molar-refractivity contribution in [2.45, 2.75) is 39.9 Å². The first-order chi connectivity index (χ1) is 18.2. The lowest BCUT2D eigenvalue weighted by Crippen LogP contribution is -2.45. The normalized spacial score (nSPS) is 11.1. The summed E-state index contributed by atoms with van der Waals surface area (Å²) >= 11 is 5.81. The average Bonchev–Trinajstić information content (AvgIpc) is 3.26. The van der Waals surface area contributed by atoms with Crippen molar-refractivity contribution in [1.29, 1.82) is 0 Å². The smallest absolute Gasteiger partial charge is 0.243 e. The zero-order valence-corrected chi connectivity index (χ0v) is 22.0. The monoisotopic (exact) mass is 535 g/mol. The van der Waals surface area contributed by atoms with Gasteiger partial charge >= 0.3 is 0 Å². The molecule has 196 valence electrons. The summed E-state index contributed by atoms with van der Waals surface area (Å²) in [6, 6.07) is 9.92. The van der Waals surface area contributed by atoms with Crippen molar-refractivity contribution in [3.05, 3.63) is 83.3 Å². The van der Waals surface area contributed by atoms with Gasteiger partial charge in [0, 0.05) is 58.8 Å². The molecule has 2 heterocycles. The third kappa shape index (κ3) is 5.89. The Bertz CT molecular complexity index is 1500. The van der Waals surface area contributed by atoms with Gasteiger partial charge in [0.15, 0.2) is 5.78 Å². The number of Topliss-reactive ketones (excluding diaryl/α,β-unsaturated/α-hetero) is 1. The highest BCUT2D eigenvalue weighted by Gasteiger charge is 2.22. The predicted molar refractivity (Wildman–Crippen MR) is 143 cm³/mol. The SMILES string of the molecule is CC(=O)c1cn(CC(=O)N(CC(=O)NCc2cccc(Cl)c2F)C(C)C)c2ccc(-c3cncnc3)cc12. The molecule has 2 aromatic carbocycles. The van der Waals surface area contributed by atoms with E-state index in [4.69, 9.17) is 11.6 Å². The van der Waals surface area contributed by atoms with Crippen molar-refractivity contribution in [1.82, 2.24) is 24.8 Å². The van der Waals surface area contributed by atoms with Gasteiger partial charge in [0.2, 0.25) is 11.8 Å². The van der Waals surface area contributed by atoms with Crippen LogP contribution in [0.2, 0.25) is 5.02 Å². The Labute approximate surface area is 224 Å². The van der Waals surface area contributed by atoms with Gasteiger partial charge in [-0.1, -0.05) is 29.8 Å². The minimum absolute atomic E-state index is 0.0242. The second-order valence-corrected chi connectivity index (χ2v) is 9.60. The number of ketones is 1. The van der Waals surface area contributed by atoms with Crippen LogP contribution < -0.4 is 5.32 Å². The Kier molecular flexibility index (Phi) is 8.16. The Morgan fingerprint density at radius 2 is 1.84 bits per heavy atom. The van der Waals surface area contributed by atoms with E-state index in [9.17, 15) is 18.8 Å². The van der Waals surface area contributed by atoms with Crippen LogP contribution in [0.25, 0.3) is 22.0 Å². The van der Waals surface area contributed by atoms with Crippen molar-refractivity contribution in [3.63, 3.8) is 0 Å². The standard InChI is InChI=1S/C28H27ClFN5O3/c1-17(2)35(14-26(37)33-12-20-5-4-6-24(29)28(20)30)27(38)15-34-13-23(18(3)36)22-9-19(7-8-25(22)34)21-10-31-16-32-11-21/h4-11,13,16-17H,12,14-15H2,1-3H3,(H,33,37). The Morgan fingerprint density at radius 3 is 2.53 bits per heavy atom. The van der Waals surface area contributed by atoms with Crippen LogP contribution in [0.3, 0.4) is 0 Å². The van der Waals surface area contributed by atoms with E-state index in [0.29, 0.717) is 16.5 Å². The first-order valence-corrected chi connectivity index (χ1v) is 12.4. The number of halogens is 2. The maximum absolute atomic E-state index is 14.1. The number of fused-ring (bicyclic) bond motifs is 1. The fourth-order valence-electron chi connectivity index (χ4n) is 4.22. The molecule has 0 bridgehead atoms. The zero-order chi connectivity index (χ0) is 27.4. The summed E-state index contributed by atoms with van der Waals surface area (Å²) < 4.78 is 15.9. The second-order valence-electron chi connectivity index (χ2n) is 9.19. The number of nitrogens with zero attached hydrogens (tertiary/aromatic N) is 4. The first kappa shape index (κ1) is 26.9. The summed E-state index contributed by atoms with van der Waals surface area (Å²) in [7, 11) is 0. The minimum Gasteiger partial charge on any atom is -0.350 e. The van der Waals surface area contributed by atoms with Crippen molar-refractivity contribution < 1.29 is 18.8 Å². The molecule has 38 heavy (non-hydrogen) atoms. The fourth-order valence-corrected chi connectivity index (χ4v) is 4.42. The molecule has 10 heteroatoms. The maximum atomic E-state index is 14.1. The van der Waals surface area contributed by atoms with Gasteiger partial charge in [0.1, 0.15) is 18.7 Å². The Balaban J connectivity index is 1.52. The molecule has 0 radical (unpaired) electrons. The van der Waals surface area contributed by atoms with E-state index in [2.05, 4.69) is 15.3 Å². The van der Waals surface area contributed by atoms with Crippen molar-refractivity contribution >= 4 is 40.1 Å². The number of carbonyl (C=O) groups is 3.